The van der Waals surface area contributed by atoms with E-state index in [0.717, 1.165) is 6.42 Å². The highest BCUT2D eigenvalue weighted by atomic mass is 16.3. The molecule has 1 amide bonds. The zero-order valence-electron chi connectivity index (χ0n) is 12.9. The lowest BCUT2D eigenvalue weighted by Crippen LogP contribution is -2.58. The van der Waals surface area contributed by atoms with Gasteiger partial charge in [0, 0.05) is 18.3 Å². The summed E-state index contributed by atoms with van der Waals surface area (Å²) in [6.45, 7) is 3.88. The molecule has 1 aliphatic heterocycles. The van der Waals surface area contributed by atoms with Crippen molar-refractivity contribution in [2.45, 2.75) is 51.7 Å². The van der Waals surface area contributed by atoms with Gasteiger partial charge >= 0.3 is 0 Å². The Morgan fingerprint density at radius 1 is 1.14 bits per heavy atom. The van der Waals surface area contributed by atoms with Crippen LogP contribution < -0.4 is 5.32 Å². The molecule has 1 heterocycles. The van der Waals surface area contributed by atoms with Gasteiger partial charge in [0.05, 0.1) is 18.2 Å². The Kier molecular flexibility index (Phi) is 3.90. The summed E-state index contributed by atoms with van der Waals surface area (Å²) < 4.78 is 0. The van der Waals surface area contributed by atoms with Gasteiger partial charge in [0.15, 0.2) is 10.8 Å². The molecule has 0 aromatic heterocycles. The second-order valence-electron chi connectivity index (χ2n) is 6.39. The number of amides is 1. The van der Waals surface area contributed by atoms with Gasteiger partial charge in [-0.15, -0.1) is 0 Å². The Hall–Kier alpha value is -2.10. The van der Waals surface area contributed by atoms with E-state index in [1.54, 1.807) is 0 Å². The first-order valence-corrected chi connectivity index (χ1v) is 7.70. The molecule has 4 atom stereocenters. The standard InChI is InChI=1S/C16H20N4O2/c1-3-5-11-12(6-4-2)16(22)7-14(8-17,13(21)20-16)15(11,9-18)10-19/h11-12,22H,3-7H2,1-2H3,(H,20,21)/t11-,12-,14-,16-/m0/s1. The zero-order valence-corrected chi connectivity index (χ0v) is 12.9. The smallest absolute Gasteiger partial charge is 0.245 e. The van der Waals surface area contributed by atoms with Crippen molar-refractivity contribution in [2.24, 2.45) is 22.7 Å². The van der Waals surface area contributed by atoms with Crippen LogP contribution in [0.5, 0.6) is 0 Å². The van der Waals surface area contributed by atoms with Gasteiger partial charge in [0.25, 0.3) is 0 Å². The molecule has 2 aliphatic rings. The number of rotatable bonds is 4. The Morgan fingerprint density at radius 3 is 2.14 bits per heavy atom. The number of carbonyl (C=O) groups is 1. The minimum absolute atomic E-state index is 0.193. The maximum atomic E-state index is 12.5. The maximum absolute atomic E-state index is 12.5. The van der Waals surface area contributed by atoms with Crippen LogP contribution in [0, 0.1) is 56.7 Å². The molecule has 0 radical (unpaired) electrons. The highest BCUT2D eigenvalue weighted by Gasteiger charge is 2.76. The van der Waals surface area contributed by atoms with Gasteiger partial charge < -0.3 is 10.4 Å². The lowest BCUT2D eigenvalue weighted by atomic mass is 9.48. The van der Waals surface area contributed by atoms with E-state index < -0.39 is 34.3 Å². The number of nitrogens with one attached hydrogen (secondary N) is 1. The predicted octanol–water partition coefficient (Wildman–Crippen LogP) is 1.58. The fraction of sp³-hybridized carbons (Fsp3) is 0.750. The average Bonchev–Trinajstić information content (AvgIpc) is 2.75. The van der Waals surface area contributed by atoms with Crippen LogP contribution in [0.25, 0.3) is 0 Å². The molecule has 0 aromatic carbocycles. The average molecular weight is 300 g/mol. The van der Waals surface area contributed by atoms with Crippen LogP contribution in [-0.4, -0.2) is 16.7 Å². The monoisotopic (exact) mass is 300 g/mol. The van der Waals surface area contributed by atoms with Crippen molar-refractivity contribution in [3.63, 3.8) is 0 Å². The first-order chi connectivity index (χ1) is 10.4. The van der Waals surface area contributed by atoms with Crippen molar-refractivity contribution < 1.29 is 9.90 Å². The van der Waals surface area contributed by atoms with Gasteiger partial charge in [-0.25, -0.2) is 0 Å². The molecule has 1 aliphatic carbocycles. The van der Waals surface area contributed by atoms with Crippen molar-refractivity contribution in [2.75, 3.05) is 0 Å². The number of aliphatic hydroxyl groups is 1. The lowest BCUT2D eigenvalue weighted by molar-refractivity contribution is -0.130. The number of nitrogens with zero attached hydrogens (tertiary/aromatic N) is 3. The van der Waals surface area contributed by atoms with Crippen LogP contribution in [0.1, 0.15) is 46.0 Å². The van der Waals surface area contributed by atoms with Gasteiger partial charge in [-0.3, -0.25) is 4.79 Å². The van der Waals surface area contributed by atoms with E-state index in [0.29, 0.717) is 19.3 Å². The van der Waals surface area contributed by atoms with Crippen LogP contribution in [-0.2, 0) is 4.79 Å². The Morgan fingerprint density at radius 2 is 1.68 bits per heavy atom. The third-order valence-corrected chi connectivity index (χ3v) is 5.32. The predicted molar refractivity (Wildman–Crippen MR) is 76.2 cm³/mol. The molecule has 0 unspecified atom stereocenters. The molecule has 2 bridgehead atoms. The number of hydrogen-bond donors (Lipinski definition) is 2. The summed E-state index contributed by atoms with van der Waals surface area (Å²) >= 11 is 0. The van der Waals surface area contributed by atoms with Gasteiger partial charge in [-0.2, -0.15) is 15.8 Å². The minimum Gasteiger partial charge on any atom is -0.371 e. The summed E-state index contributed by atoms with van der Waals surface area (Å²) in [6.07, 6.45) is 2.39. The Bertz CT molecular complexity index is 597. The highest BCUT2D eigenvalue weighted by Crippen LogP contribution is 2.63. The van der Waals surface area contributed by atoms with Crippen molar-refractivity contribution in [1.29, 1.82) is 15.8 Å². The fourth-order valence-electron chi connectivity index (χ4n) is 4.37. The third-order valence-electron chi connectivity index (χ3n) is 5.32. The highest BCUT2D eigenvalue weighted by molar-refractivity contribution is 5.91. The maximum Gasteiger partial charge on any atom is 0.245 e. The fourth-order valence-corrected chi connectivity index (χ4v) is 4.37. The second-order valence-corrected chi connectivity index (χ2v) is 6.39. The normalized spacial score (nSPS) is 38.5. The van der Waals surface area contributed by atoms with E-state index >= 15 is 0 Å². The molecule has 0 aromatic rings. The topological polar surface area (TPSA) is 121 Å². The molecular weight excluding hydrogens is 280 g/mol. The van der Waals surface area contributed by atoms with E-state index in [2.05, 4.69) is 5.32 Å². The summed E-state index contributed by atoms with van der Waals surface area (Å²) in [5.41, 5.74) is -5.01. The van der Waals surface area contributed by atoms with E-state index in [1.807, 2.05) is 32.1 Å². The number of fused-ring (bicyclic) bond motifs is 2. The van der Waals surface area contributed by atoms with Crippen LogP contribution in [0.2, 0.25) is 0 Å². The van der Waals surface area contributed by atoms with Crippen LogP contribution in [0.3, 0.4) is 0 Å². The summed E-state index contributed by atoms with van der Waals surface area (Å²) in [4.78, 5) is 12.5. The van der Waals surface area contributed by atoms with Crippen LogP contribution in [0.4, 0.5) is 0 Å². The largest absolute Gasteiger partial charge is 0.371 e. The van der Waals surface area contributed by atoms with E-state index in [4.69, 9.17) is 0 Å². The quantitative estimate of drug-likeness (QED) is 0.816. The summed E-state index contributed by atoms with van der Waals surface area (Å²) in [7, 11) is 0. The number of carbonyl (C=O) groups excluding carboxylic acids is 1. The van der Waals surface area contributed by atoms with E-state index in [9.17, 15) is 25.7 Å². The summed E-state index contributed by atoms with van der Waals surface area (Å²) in [5, 5.41) is 42.6. The van der Waals surface area contributed by atoms with Crippen molar-refractivity contribution >= 4 is 5.91 Å². The Labute approximate surface area is 130 Å². The molecule has 1 saturated carbocycles. The van der Waals surface area contributed by atoms with Crippen LogP contribution in [0.15, 0.2) is 0 Å². The van der Waals surface area contributed by atoms with E-state index in [-0.39, 0.29) is 6.42 Å². The molecule has 22 heavy (non-hydrogen) atoms. The van der Waals surface area contributed by atoms with Crippen LogP contribution >= 0.6 is 0 Å². The third kappa shape index (κ3) is 1.70. The van der Waals surface area contributed by atoms with Gasteiger partial charge in [-0.05, 0) is 12.8 Å². The Balaban J connectivity index is 2.73. The first-order valence-electron chi connectivity index (χ1n) is 7.70. The second kappa shape index (κ2) is 5.27. The summed E-state index contributed by atoms with van der Waals surface area (Å²) in [5.74, 6) is -1.60. The molecule has 6 nitrogen and oxygen atoms in total. The molecule has 2 rings (SSSR count). The van der Waals surface area contributed by atoms with E-state index in [1.165, 1.54) is 0 Å². The lowest BCUT2D eigenvalue weighted by Gasteiger charge is -2.49. The number of nitriles is 3. The molecular formula is C16H20N4O2. The van der Waals surface area contributed by atoms with Crippen molar-refractivity contribution in [3.8, 4) is 18.2 Å². The molecule has 6 heteroatoms. The molecule has 1 saturated heterocycles. The van der Waals surface area contributed by atoms with Crippen molar-refractivity contribution in [3.05, 3.63) is 0 Å². The SMILES string of the molecule is CCC[C@H]1[C@H](CCC)[C@@]2(O)C[C@](C#N)(C(=O)N2)C1(C#N)C#N. The van der Waals surface area contributed by atoms with Crippen molar-refractivity contribution in [1.82, 2.24) is 5.32 Å². The minimum atomic E-state index is -1.80. The number of hydrogen-bond acceptors (Lipinski definition) is 5. The molecule has 0 spiro atoms. The first kappa shape index (κ1) is 16.3. The molecule has 2 N–H and O–H groups in total. The summed E-state index contributed by atoms with van der Waals surface area (Å²) in [6, 6.07) is 5.91. The molecule has 2 fully saturated rings. The zero-order chi connectivity index (χ0) is 16.6. The van der Waals surface area contributed by atoms with Gasteiger partial charge in [0.1, 0.15) is 5.72 Å². The van der Waals surface area contributed by atoms with Gasteiger partial charge in [-0.1, -0.05) is 26.7 Å². The van der Waals surface area contributed by atoms with Gasteiger partial charge in [0.2, 0.25) is 5.91 Å². The molecule has 116 valence electrons.